The summed E-state index contributed by atoms with van der Waals surface area (Å²) in [6, 6.07) is 24.3. The van der Waals surface area contributed by atoms with Crippen LogP contribution in [0.4, 0.5) is 0 Å². The molecule has 2 aliphatic carbocycles. The Balaban J connectivity index is 0.000000252. The molecule has 0 spiro atoms. The second-order valence-electron chi connectivity index (χ2n) is 9.08. The Kier molecular flexibility index (Phi) is 11.9. The van der Waals surface area contributed by atoms with Crippen LogP contribution >= 0.6 is 24.8 Å². The van der Waals surface area contributed by atoms with Gasteiger partial charge in [0.1, 0.15) is 11.5 Å². The number of halogens is 2. The lowest BCUT2D eigenvalue weighted by Crippen LogP contribution is -2.34. The van der Waals surface area contributed by atoms with Gasteiger partial charge in [0.25, 0.3) is 0 Å². The highest BCUT2D eigenvalue weighted by molar-refractivity contribution is 5.85. The third-order valence-electron chi connectivity index (χ3n) is 6.76. The molecular weight excluding hydrogens is 479 g/mol. The summed E-state index contributed by atoms with van der Waals surface area (Å²) in [6.45, 7) is 0.955. The van der Waals surface area contributed by atoms with Gasteiger partial charge in [-0.05, 0) is 90.6 Å². The fraction of sp³-hybridized carbons (Fsp3) is 0.379. The van der Waals surface area contributed by atoms with Crippen LogP contribution in [0.5, 0.6) is 11.5 Å². The molecule has 0 saturated heterocycles. The Morgan fingerprint density at radius 3 is 1.91 bits per heavy atom. The molecule has 0 aliphatic heterocycles. The van der Waals surface area contributed by atoms with Crippen LogP contribution < -0.4 is 20.5 Å². The highest BCUT2D eigenvalue weighted by atomic mass is 35.5. The molecule has 190 valence electrons. The molecule has 0 radical (unpaired) electrons. The van der Waals surface area contributed by atoms with Gasteiger partial charge in [-0.1, -0.05) is 42.5 Å². The Bertz CT molecular complexity index is 1050. The quantitative estimate of drug-likeness (QED) is 0.456. The van der Waals surface area contributed by atoms with E-state index in [1.54, 1.807) is 14.2 Å². The molecule has 2 aliphatic rings. The summed E-state index contributed by atoms with van der Waals surface area (Å²) in [5.41, 5.74) is 12.9. The van der Waals surface area contributed by atoms with Gasteiger partial charge in [0.05, 0.1) is 14.2 Å². The van der Waals surface area contributed by atoms with Gasteiger partial charge in [0.2, 0.25) is 0 Å². The number of nitrogens with one attached hydrogen (secondary N) is 1. The number of nitrogens with two attached hydrogens (primary N) is 1. The lowest BCUT2D eigenvalue weighted by atomic mass is 9.88. The smallest absolute Gasteiger partial charge is 0.119 e. The van der Waals surface area contributed by atoms with E-state index < -0.39 is 0 Å². The number of hydrogen-bond donors (Lipinski definition) is 2. The second kappa shape index (κ2) is 14.4. The van der Waals surface area contributed by atoms with Crippen molar-refractivity contribution in [3.05, 3.63) is 94.5 Å². The molecule has 3 aromatic carbocycles. The maximum absolute atomic E-state index is 5.89. The van der Waals surface area contributed by atoms with E-state index in [1.165, 1.54) is 34.2 Å². The van der Waals surface area contributed by atoms with Crippen molar-refractivity contribution in [3.8, 4) is 11.5 Å². The van der Waals surface area contributed by atoms with E-state index in [0.29, 0.717) is 12.1 Å². The van der Waals surface area contributed by atoms with Gasteiger partial charge in [-0.25, -0.2) is 0 Å². The number of fused-ring (bicyclic) bond motifs is 2. The standard InChI is InChI=1S/C18H21NO.C11H15NO.2ClH/c1-20-18-10-8-15-11-17(9-7-16(15)12-18)19-13-14-5-3-2-4-6-14;1-13-11-5-3-8-6-10(12)4-2-9(8)7-11;;/h2-6,8,10,12,17,19H,7,9,11,13H2,1H3;3,5,7,10H,2,4,6,12H2,1H3;2*1H. The number of ether oxygens (including phenoxy) is 2. The number of aryl methyl sites for hydroxylation is 2. The van der Waals surface area contributed by atoms with Crippen molar-refractivity contribution in [2.45, 2.75) is 57.2 Å². The predicted octanol–water partition coefficient (Wildman–Crippen LogP) is 5.70. The first-order valence-corrected chi connectivity index (χ1v) is 12.0. The van der Waals surface area contributed by atoms with Crippen molar-refractivity contribution in [1.29, 1.82) is 0 Å². The third kappa shape index (κ3) is 8.15. The SMILES string of the molecule is COc1ccc2c(c1)CCC(N)C2.COc1ccc2c(c1)CCC(NCc1ccccc1)C2.Cl.Cl. The molecular formula is C29H38Cl2N2O2. The van der Waals surface area contributed by atoms with Crippen LogP contribution in [-0.4, -0.2) is 26.3 Å². The van der Waals surface area contributed by atoms with Crippen LogP contribution in [0.15, 0.2) is 66.7 Å². The Labute approximate surface area is 222 Å². The minimum Gasteiger partial charge on any atom is -0.497 e. The van der Waals surface area contributed by atoms with Crippen LogP contribution in [-0.2, 0) is 32.2 Å². The first kappa shape index (κ1) is 29.0. The Morgan fingerprint density at radius 1 is 0.743 bits per heavy atom. The Morgan fingerprint density at radius 2 is 1.31 bits per heavy atom. The van der Waals surface area contributed by atoms with E-state index in [-0.39, 0.29) is 24.8 Å². The zero-order chi connectivity index (χ0) is 23.0. The molecule has 0 bridgehead atoms. The fourth-order valence-corrected chi connectivity index (χ4v) is 4.78. The monoisotopic (exact) mass is 516 g/mol. The summed E-state index contributed by atoms with van der Waals surface area (Å²) in [7, 11) is 3.44. The molecule has 5 rings (SSSR count). The lowest BCUT2D eigenvalue weighted by molar-refractivity contribution is 0.411. The zero-order valence-electron chi connectivity index (χ0n) is 20.7. The van der Waals surface area contributed by atoms with Crippen LogP contribution in [0.3, 0.4) is 0 Å². The van der Waals surface area contributed by atoms with Crippen molar-refractivity contribution in [1.82, 2.24) is 5.32 Å². The molecule has 4 nitrogen and oxygen atoms in total. The van der Waals surface area contributed by atoms with Crippen molar-refractivity contribution >= 4 is 24.8 Å². The molecule has 0 fully saturated rings. The number of rotatable bonds is 5. The van der Waals surface area contributed by atoms with Gasteiger partial charge in [0, 0.05) is 18.6 Å². The molecule has 0 saturated carbocycles. The summed E-state index contributed by atoms with van der Waals surface area (Å²) in [6.07, 6.45) is 6.66. The van der Waals surface area contributed by atoms with Gasteiger partial charge in [-0.3, -0.25) is 0 Å². The summed E-state index contributed by atoms with van der Waals surface area (Å²) in [4.78, 5) is 0. The van der Waals surface area contributed by atoms with Gasteiger partial charge in [-0.15, -0.1) is 24.8 Å². The number of methoxy groups -OCH3 is 2. The summed E-state index contributed by atoms with van der Waals surface area (Å²) < 4.78 is 10.5. The predicted molar refractivity (Wildman–Crippen MR) is 150 cm³/mol. The lowest BCUT2D eigenvalue weighted by Gasteiger charge is -2.26. The van der Waals surface area contributed by atoms with E-state index in [2.05, 4.69) is 66.0 Å². The largest absolute Gasteiger partial charge is 0.497 e. The van der Waals surface area contributed by atoms with Gasteiger partial charge in [0.15, 0.2) is 0 Å². The molecule has 3 aromatic rings. The number of hydrogen-bond acceptors (Lipinski definition) is 4. The normalized spacial score (nSPS) is 17.8. The molecule has 3 N–H and O–H groups in total. The molecule has 2 unspecified atom stereocenters. The van der Waals surface area contributed by atoms with Crippen molar-refractivity contribution in [3.63, 3.8) is 0 Å². The van der Waals surface area contributed by atoms with Crippen LogP contribution in [0.1, 0.15) is 40.7 Å². The zero-order valence-corrected chi connectivity index (χ0v) is 22.3. The van der Waals surface area contributed by atoms with Crippen LogP contribution in [0.25, 0.3) is 0 Å². The minimum absolute atomic E-state index is 0. The first-order valence-electron chi connectivity index (χ1n) is 12.0. The van der Waals surface area contributed by atoms with E-state index in [9.17, 15) is 0 Å². The molecule has 35 heavy (non-hydrogen) atoms. The topological polar surface area (TPSA) is 56.5 Å². The van der Waals surface area contributed by atoms with E-state index in [0.717, 1.165) is 50.1 Å². The molecule has 0 aromatic heterocycles. The molecule has 0 heterocycles. The van der Waals surface area contributed by atoms with Crippen molar-refractivity contribution < 1.29 is 9.47 Å². The van der Waals surface area contributed by atoms with Crippen molar-refractivity contribution in [2.24, 2.45) is 5.73 Å². The maximum atomic E-state index is 5.89. The molecule has 6 heteroatoms. The van der Waals surface area contributed by atoms with E-state index >= 15 is 0 Å². The average molecular weight is 518 g/mol. The first-order chi connectivity index (χ1) is 16.1. The van der Waals surface area contributed by atoms with Gasteiger partial charge in [-0.2, -0.15) is 0 Å². The molecule has 0 amide bonds. The van der Waals surface area contributed by atoms with Gasteiger partial charge < -0.3 is 20.5 Å². The minimum atomic E-state index is 0. The highest BCUT2D eigenvalue weighted by Crippen LogP contribution is 2.26. The van der Waals surface area contributed by atoms with E-state index in [1.807, 2.05) is 6.07 Å². The average Bonchev–Trinajstić information content (AvgIpc) is 2.87. The van der Waals surface area contributed by atoms with Crippen LogP contribution in [0, 0.1) is 0 Å². The third-order valence-corrected chi connectivity index (χ3v) is 6.76. The number of benzene rings is 3. The molecule has 2 atom stereocenters. The summed E-state index contributed by atoms with van der Waals surface area (Å²) in [5, 5.41) is 3.68. The second-order valence-corrected chi connectivity index (χ2v) is 9.08. The fourth-order valence-electron chi connectivity index (χ4n) is 4.78. The highest BCUT2D eigenvalue weighted by Gasteiger charge is 2.18. The van der Waals surface area contributed by atoms with Crippen LogP contribution in [0.2, 0.25) is 0 Å². The summed E-state index contributed by atoms with van der Waals surface area (Å²) >= 11 is 0. The Hall–Kier alpha value is -2.24. The van der Waals surface area contributed by atoms with E-state index in [4.69, 9.17) is 15.2 Å². The van der Waals surface area contributed by atoms with Gasteiger partial charge >= 0.3 is 0 Å². The van der Waals surface area contributed by atoms with Crippen molar-refractivity contribution in [2.75, 3.05) is 14.2 Å². The maximum Gasteiger partial charge on any atom is 0.119 e. The summed E-state index contributed by atoms with van der Waals surface area (Å²) in [5.74, 6) is 1.92.